The van der Waals surface area contributed by atoms with Gasteiger partial charge in [-0.05, 0) is 136 Å². The van der Waals surface area contributed by atoms with Gasteiger partial charge in [-0.3, -0.25) is 0 Å². The van der Waals surface area contributed by atoms with Crippen LogP contribution in [0.1, 0.15) is 159 Å². The van der Waals surface area contributed by atoms with Crippen molar-refractivity contribution < 1.29 is 0 Å². The molecule has 0 bridgehead atoms. The minimum Gasteiger partial charge on any atom is -0.0654 e. The molecule has 0 atom stereocenters. The first-order chi connectivity index (χ1) is 40.1. The molecule has 0 saturated heterocycles. The van der Waals surface area contributed by atoms with Gasteiger partial charge in [0.05, 0.1) is 0 Å². The van der Waals surface area contributed by atoms with E-state index < -0.39 is 0 Å². The number of hydrogen-bond acceptors (Lipinski definition) is 0. The molecular weight excluding hydrogens is 973 g/mol. The van der Waals surface area contributed by atoms with Crippen LogP contribution in [0, 0.1) is 0 Å². The first kappa shape index (κ1) is 54.6. The third kappa shape index (κ3) is 12.4. The molecule has 0 aliphatic heterocycles. The summed E-state index contributed by atoms with van der Waals surface area (Å²) in [5.41, 5.74) is 25.6. The summed E-state index contributed by atoms with van der Waals surface area (Å²) in [5, 5.41) is 0. The molecule has 81 heavy (non-hydrogen) atoms. The summed E-state index contributed by atoms with van der Waals surface area (Å²) in [4.78, 5) is 0. The van der Waals surface area contributed by atoms with Crippen molar-refractivity contribution in [3.63, 3.8) is 0 Å². The zero-order valence-corrected chi connectivity index (χ0v) is 47.8. The molecule has 10 aromatic rings. The molecule has 11 rings (SSSR count). The molecule has 0 radical (unpaired) electrons. The van der Waals surface area contributed by atoms with E-state index in [4.69, 9.17) is 0 Å². The molecule has 0 N–H and O–H groups in total. The van der Waals surface area contributed by atoms with Crippen LogP contribution < -0.4 is 0 Å². The Morgan fingerprint density at radius 2 is 0.469 bits per heavy atom. The number of benzene rings is 10. The summed E-state index contributed by atoms with van der Waals surface area (Å²) in [7, 11) is 0. The van der Waals surface area contributed by atoms with Crippen molar-refractivity contribution in [3.8, 4) is 33.4 Å². The van der Waals surface area contributed by atoms with Crippen LogP contribution in [-0.2, 0) is 5.41 Å². The molecule has 0 unspecified atom stereocenters. The molecule has 402 valence electrons. The molecule has 0 amide bonds. The van der Waals surface area contributed by atoms with Crippen molar-refractivity contribution in [3.05, 3.63) is 323 Å². The van der Waals surface area contributed by atoms with Gasteiger partial charge in [-0.2, -0.15) is 0 Å². The molecule has 0 nitrogen and oxygen atoms in total. The highest BCUT2D eigenvalue weighted by Gasteiger charge is 2.42. The maximum atomic E-state index is 2.62. The quantitative estimate of drug-likeness (QED) is 0.0418. The lowest BCUT2D eigenvalue weighted by atomic mass is 9.70. The van der Waals surface area contributed by atoms with Crippen LogP contribution in [0.5, 0.6) is 0 Å². The van der Waals surface area contributed by atoms with Gasteiger partial charge in [0.2, 0.25) is 0 Å². The third-order valence-corrected chi connectivity index (χ3v) is 17.2. The Morgan fingerprint density at radius 3 is 0.741 bits per heavy atom. The number of fused-ring (bicyclic) bond motifs is 3. The van der Waals surface area contributed by atoms with Gasteiger partial charge in [0, 0.05) is 5.41 Å². The monoisotopic (exact) mass is 1050 g/mol. The van der Waals surface area contributed by atoms with E-state index in [1.807, 2.05) is 0 Å². The van der Waals surface area contributed by atoms with Crippen LogP contribution in [-0.4, -0.2) is 0 Å². The lowest BCUT2D eigenvalue weighted by Gasteiger charge is -2.33. The Kier molecular flexibility index (Phi) is 18.0. The van der Waals surface area contributed by atoms with Crippen LogP contribution in [0.15, 0.2) is 267 Å². The predicted molar refractivity (Wildman–Crippen MR) is 348 cm³/mol. The van der Waals surface area contributed by atoms with E-state index in [2.05, 4.69) is 281 Å². The average Bonchev–Trinajstić information content (AvgIpc) is 3.98. The van der Waals surface area contributed by atoms with Gasteiger partial charge >= 0.3 is 0 Å². The molecule has 0 fully saturated rings. The summed E-state index contributed by atoms with van der Waals surface area (Å²) in [5.74, 6) is 0. The highest BCUT2D eigenvalue weighted by molar-refractivity contribution is 6.06. The Balaban J connectivity index is 1.00. The van der Waals surface area contributed by atoms with E-state index in [0.717, 1.165) is 0 Å². The maximum Gasteiger partial charge on any atom is 0.0215 e. The van der Waals surface area contributed by atoms with Crippen molar-refractivity contribution >= 4 is 22.3 Å². The summed E-state index contributed by atoms with van der Waals surface area (Å²) < 4.78 is 0. The molecule has 0 heteroatoms. The molecule has 1 aliphatic carbocycles. The molecule has 1 aliphatic rings. The summed E-state index contributed by atoms with van der Waals surface area (Å²) >= 11 is 0. The minimum atomic E-state index is -0.0843. The van der Waals surface area contributed by atoms with Gasteiger partial charge in [-0.15, -0.1) is 0 Å². The van der Waals surface area contributed by atoms with E-state index in [0.29, 0.717) is 0 Å². The number of unbranched alkanes of at least 4 members (excludes halogenated alkanes) is 10. The molecule has 10 aromatic carbocycles. The van der Waals surface area contributed by atoms with Crippen LogP contribution in [0.3, 0.4) is 0 Å². The molecule has 0 aromatic heterocycles. The summed E-state index contributed by atoms with van der Waals surface area (Å²) in [6.07, 6.45) is 17.8. The van der Waals surface area contributed by atoms with Crippen LogP contribution in [0.2, 0.25) is 0 Å². The SMILES string of the molecule is CCCCCCCCC1(CCCCCCCC)c2cc(-c3ccc(C(=C(c4ccccc4)c4ccccc4)c4ccccc4)cc3)ccc2-c2ccc(-c3ccc(C(=C(c4ccccc4)c4ccccc4)c4ccccc4)cc3)cc21. The predicted octanol–water partition coefficient (Wildman–Crippen LogP) is 22.8. The molecular formula is C81H78. The van der Waals surface area contributed by atoms with Crippen LogP contribution in [0.4, 0.5) is 0 Å². The topological polar surface area (TPSA) is 0 Å². The Labute approximate surface area is 484 Å². The van der Waals surface area contributed by atoms with Gasteiger partial charge in [-0.1, -0.05) is 346 Å². The van der Waals surface area contributed by atoms with Crippen molar-refractivity contribution in [1.82, 2.24) is 0 Å². The standard InChI is InChI=1S/C81H78/c1-3-5-7-9-11-31-57-81(58-32-12-10-8-6-4-2)75-59-71(61-45-49-69(50-46-61)79(67-41-27-17-28-42-67)77(63-33-19-13-20-34-63)64-35-21-14-22-36-64)53-55-73(75)74-56-54-72(60-76(74)81)62-47-51-70(52-48-62)80(68-43-29-18-30-44-68)78(65-37-23-15-24-38-65)66-39-25-16-26-40-66/h13-30,33-56,59-60H,3-12,31-32,57-58H2,1-2H3. The van der Waals surface area contributed by atoms with E-state index in [9.17, 15) is 0 Å². The third-order valence-electron chi connectivity index (χ3n) is 17.2. The van der Waals surface area contributed by atoms with Crippen molar-refractivity contribution in [2.45, 2.75) is 109 Å². The van der Waals surface area contributed by atoms with E-state index in [1.165, 1.54) is 201 Å². The second-order valence-electron chi connectivity index (χ2n) is 22.5. The first-order valence-electron chi connectivity index (χ1n) is 30.5. The Bertz CT molecular complexity index is 3310. The highest BCUT2D eigenvalue weighted by Crippen LogP contribution is 2.56. The van der Waals surface area contributed by atoms with Crippen LogP contribution in [0.25, 0.3) is 55.7 Å². The highest BCUT2D eigenvalue weighted by atomic mass is 14.5. The smallest absolute Gasteiger partial charge is 0.0215 e. The average molecular weight is 1050 g/mol. The Hall–Kier alpha value is -8.32. The minimum absolute atomic E-state index is 0.0843. The molecule has 0 saturated carbocycles. The van der Waals surface area contributed by atoms with Crippen molar-refractivity contribution in [1.29, 1.82) is 0 Å². The van der Waals surface area contributed by atoms with E-state index in [-0.39, 0.29) is 5.41 Å². The van der Waals surface area contributed by atoms with Crippen molar-refractivity contribution in [2.75, 3.05) is 0 Å². The largest absolute Gasteiger partial charge is 0.0654 e. The summed E-state index contributed by atoms with van der Waals surface area (Å²) in [6, 6.07) is 99.6. The molecule has 0 heterocycles. The zero-order chi connectivity index (χ0) is 55.1. The Morgan fingerprint density at radius 1 is 0.235 bits per heavy atom. The lowest BCUT2D eigenvalue weighted by Crippen LogP contribution is -2.25. The van der Waals surface area contributed by atoms with E-state index >= 15 is 0 Å². The van der Waals surface area contributed by atoms with Crippen LogP contribution >= 0.6 is 0 Å². The maximum absolute atomic E-state index is 2.62. The van der Waals surface area contributed by atoms with Crippen molar-refractivity contribution in [2.24, 2.45) is 0 Å². The zero-order valence-electron chi connectivity index (χ0n) is 47.8. The van der Waals surface area contributed by atoms with Gasteiger partial charge in [0.25, 0.3) is 0 Å². The second kappa shape index (κ2) is 26.8. The number of hydrogen-bond donors (Lipinski definition) is 0. The van der Waals surface area contributed by atoms with Gasteiger partial charge in [0.1, 0.15) is 0 Å². The fourth-order valence-electron chi connectivity index (χ4n) is 13.0. The van der Waals surface area contributed by atoms with E-state index in [1.54, 1.807) is 0 Å². The lowest BCUT2D eigenvalue weighted by molar-refractivity contribution is 0.398. The summed E-state index contributed by atoms with van der Waals surface area (Å²) in [6.45, 7) is 4.66. The normalized spacial score (nSPS) is 12.1. The second-order valence-corrected chi connectivity index (χ2v) is 22.5. The molecule has 0 spiro atoms. The van der Waals surface area contributed by atoms with Gasteiger partial charge in [-0.25, -0.2) is 0 Å². The fraction of sp³-hybridized carbons (Fsp3) is 0.210. The first-order valence-corrected chi connectivity index (χ1v) is 30.5. The van der Waals surface area contributed by atoms with Gasteiger partial charge < -0.3 is 0 Å². The van der Waals surface area contributed by atoms with Gasteiger partial charge in [0.15, 0.2) is 0 Å². The number of rotatable bonds is 24. The fourth-order valence-corrected chi connectivity index (χ4v) is 13.0.